The van der Waals surface area contributed by atoms with E-state index in [-0.39, 0.29) is 5.91 Å². The number of nitrogens with zero attached hydrogens (tertiary/aromatic N) is 4. The SMILES string of the molecule is Cc1noc(CSc2ccccc2C(=O)Nc2cccc(-c3nnco3)c2)n1. The number of carbonyl (C=O) groups excluding carboxylic acids is 1. The Labute approximate surface area is 164 Å². The zero-order valence-electron chi connectivity index (χ0n) is 14.8. The fourth-order valence-electron chi connectivity index (χ4n) is 2.55. The van der Waals surface area contributed by atoms with Gasteiger partial charge in [0.2, 0.25) is 18.2 Å². The zero-order valence-corrected chi connectivity index (χ0v) is 15.6. The van der Waals surface area contributed by atoms with Gasteiger partial charge in [0.15, 0.2) is 5.82 Å². The van der Waals surface area contributed by atoms with E-state index in [0.29, 0.717) is 34.6 Å². The summed E-state index contributed by atoms with van der Waals surface area (Å²) in [5.74, 6) is 1.76. The van der Waals surface area contributed by atoms with Crippen molar-refractivity contribution in [2.75, 3.05) is 5.32 Å². The van der Waals surface area contributed by atoms with Crippen molar-refractivity contribution in [3.63, 3.8) is 0 Å². The van der Waals surface area contributed by atoms with Crippen LogP contribution in [-0.2, 0) is 5.75 Å². The molecule has 2 aromatic heterocycles. The number of amides is 1. The first-order chi connectivity index (χ1) is 13.7. The largest absolute Gasteiger partial charge is 0.423 e. The van der Waals surface area contributed by atoms with Crippen LogP contribution < -0.4 is 5.32 Å². The van der Waals surface area contributed by atoms with Crippen molar-refractivity contribution >= 4 is 23.4 Å². The number of anilines is 1. The molecule has 0 fully saturated rings. The van der Waals surface area contributed by atoms with Crippen molar-refractivity contribution in [3.8, 4) is 11.5 Å². The van der Waals surface area contributed by atoms with E-state index in [1.807, 2.05) is 30.3 Å². The molecule has 0 aliphatic rings. The van der Waals surface area contributed by atoms with Crippen molar-refractivity contribution in [1.29, 1.82) is 0 Å². The van der Waals surface area contributed by atoms with Crippen LogP contribution in [0, 0.1) is 6.92 Å². The second kappa shape index (κ2) is 8.05. The van der Waals surface area contributed by atoms with Gasteiger partial charge in [-0.05, 0) is 37.3 Å². The van der Waals surface area contributed by atoms with E-state index in [1.165, 1.54) is 18.2 Å². The van der Waals surface area contributed by atoms with Crippen molar-refractivity contribution < 1.29 is 13.7 Å². The van der Waals surface area contributed by atoms with E-state index < -0.39 is 0 Å². The van der Waals surface area contributed by atoms with E-state index in [9.17, 15) is 4.79 Å². The number of hydrogen-bond acceptors (Lipinski definition) is 8. The number of aryl methyl sites for hydroxylation is 1. The van der Waals surface area contributed by atoms with Gasteiger partial charge in [-0.2, -0.15) is 4.98 Å². The molecule has 2 aromatic carbocycles. The molecule has 9 heteroatoms. The maximum absolute atomic E-state index is 12.8. The predicted octanol–water partition coefficient (Wildman–Crippen LogP) is 3.97. The third-order valence-corrected chi connectivity index (χ3v) is 4.84. The van der Waals surface area contributed by atoms with Gasteiger partial charge in [-0.1, -0.05) is 23.4 Å². The summed E-state index contributed by atoms with van der Waals surface area (Å²) in [5.41, 5.74) is 1.92. The molecule has 2 heterocycles. The molecule has 1 amide bonds. The predicted molar refractivity (Wildman–Crippen MR) is 103 cm³/mol. The van der Waals surface area contributed by atoms with Crippen LogP contribution in [0.25, 0.3) is 11.5 Å². The first-order valence-corrected chi connectivity index (χ1v) is 9.36. The smallest absolute Gasteiger partial charge is 0.256 e. The monoisotopic (exact) mass is 393 g/mol. The Balaban J connectivity index is 1.50. The van der Waals surface area contributed by atoms with Gasteiger partial charge in [0.25, 0.3) is 5.91 Å². The number of nitrogens with one attached hydrogen (secondary N) is 1. The number of thioether (sulfide) groups is 1. The molecule has 0 aliphatic carbocycles. The lowest BCUT2D eigenvalue weighted by Gasteiger charge is -2.10. The maximum Gasteiger partial charge on any atom is 0.256 e. The number of carbonyl (C=O) groups is 1. The van der Waals surface area contributed by atoms with Gasteiger partial charge in [-0.25, -0.2) is 0 Å². The molecule has 0 radical (unpaired) electrons. The average molecular weight is 393 g/mol. The molecule has 0 spiro atoms. The number of rotatable bonds is 6. The summed E-state index contributed by atoms with van der Waals surface area (Å²) < 4.78 is 10.3. The Morgan fingerprint density at radius 2 is 2.07 bits per heavy atom. The Morgan fingerprint density at radius 3 is 2.86 bits per heavy atom. The van der Waals surface area contributed by atoms with E-state index in [1.54, 1.807) is 25.1 Å². The first kappa shape index (κ1) is 17.9. The molecule has 0 unspecified atom stereocenters. The molecule has 8 nitrogen and oxygen atoms in total. The molecule has 4 aromatic rings. The summed E-state index contributed by atoms with van der Waals surface area (Å²) in [6.45, 7) is 1.77. The quantitative estimate of drug-likeness (QED) is 0.490. The number of hydrogen-bond donors (Lipinski definition) is 1. The molecule has 28 heavy (non-hydrogen) atoms. The van der Waals surface area contributed by atoms with E-state index in [2.05, 4.69) is 25.7 Å². The van der Waals surface area contributed by atoms with E-state index in [0.717, 1.165) is 10.5 Å². The fraction of sp³-hybridized carbons (Fsp3) is 0.105. The van der Waals surface area contributed by atoms with Crippen LogP contribution in [0.5, 0.6) is 0 Å². The Bertz CT molecular complexity index is 1090. The summed E-state index contributed by atoms with van der Waals surface area (Å²) >= 11 is 1.46. The van der Waals surface area contributed by atoms with Crippen LogP contribution in [-0.4, -0.2) is 26.2 Å². The lowest BCUT2D eigenvalue weighted by molar-refractivity contribution is 0.102. The minimum atomic E-state index is -0.215. The topological polar surface area (TPSA) is 107 Å². The Kier molecular flexibility index (Phi) is 5.16. The third kappa shape index (κ3) is 4.09. The lowest BCUT2D eigenvalue weighted by Crippen LogP contribution is -2.13. The van der Waals surface area contributed by atoms with Crippen LogP contribution in [0.1, 0.15) is 22.1 Å². The van der Waals surface area contributed by atoms with Crippen molar-refractivity contribution in [3.05, 3.63) is 72.2 Å². The molecular weight excluding hydrogens is 378 g/mol. The van der Waals surface area contributed by atoms with Gasteiger partial charge in [0.05, 0.1) is 11.3 Å². The summed E-state index contributed by atoms with van der Waals surface area (Å²) in [6.07, 6.45) is 1.26. The normalized spacial score (nSPS) is 10.8. The summed E-state index contributed by atoms with van der Waals surface area (Å²) in [4.78, 5) is 17.8. The molecule has 0 bridgehead atoms. The van der Waals surface area contributed by atoms with Crippen LogP contribution in [0.2, 0.25) is 0 Å². The van der Waals surface area contributed by atoms with Crippen LogP contribution in [0.15, 0.2) is 68.8 Å². The molecule has 4 rings (SSSR count). The van der Waals surface area contributed by atoms with Crippen LogP contribution >= 0.6 is 11.8 Å². The number of aromatic nitrogens is 4. The summed E-state index contributed by atoms with van der Waals surface area (Å²) in [6, 6.07) is 14.6. The van der Waals surface area contributed by atoms with Gasteiger partial charge >= 0.3 is 0 Å². The fourth-order valence-corrected chi connectivity index (χ4v) is 3.43. The lowest BCUT2D eigenvalue weighted by atomic mass is 10.1. The minimum Gasteiger partial charge on any atom is -0.423 e. The molecule has 0 atom stereocenters. The average Bonchev–Trinajstić information content (AvgIpc) is 3.39. The summed E-state index contributed by atoms with van der Waals surface area (Å²) in [7, 11) is 0. The highest BCUT2D eigenvalue weighted by Crippen LogP contribution is 2.27. The minimum absolute atomic E-state index is 0.215. The number of benzene rings is 2. The van der Waals surface area contributed by atoms with Gasteiger partial charge in [0, 0.05) is 16.1 Å². The van der Waals surface area contributed by atoms with E-state index in [4.69, 9.17) is 8.94 Å². The first-order valence-electron chi connectivity index (χ1n) is 8.38. The highest BCUT2D eigenvalue weighted by atomic mass is 32.2. The Morgan fingerprint density at radius 1 is 1.18 bits per heavy atom. The van der Waals surface area contributed by atoms with Gasteiger partial charge < -0.3 is 14.3 Å². The Hall–Kier alpha value is -3.46. The molecule has 140 valence electrons. The molecule has 0 saturated heterocycles. The summed E-state index contributed by atoms with van der Waals surface area (Å²) in [5, 5.41) is 14.2. The van der Waals surface area contributed by atoms with Crippen LogP contribution in [0.3, 0.4) is 0 Å². The molecule has 0 saturated carbocycles. The highest BCUT2D eigenvalue weighted by Gasteiger charge is 2.14. The van der Waals surface area contributed by atoms with Crippen LogP contribution in [0.4, 0.5) is 5.69 Å². The van der Waals surface area contributed by atoms with Gasteiger partial charge in [-0.15, -0.1) is 22.0 Å². The standard InChI is InChI=1S/C19H15N5O3S/c1-12-21-17(27-24-12)10-28-16-8-3-2-7-15(16)18(25)22-14-6-4-5-13(9-14)19-23-20-11-26-19/h2-9,11H,10H2,1H3,(H,22,25). The third-order valence-electron chi connectivity index (χ3n) is 3.78. The molecule has 1 N–H and O–H groups in total. The van der Waals surface area contributed by atoms with Gasteiger partial charge in [0.1, 0.15) is 0 Å². The molecule has 0 aliphatic heterocycles. The van der Waals surface area contributed by atoms with E-state index >= 15 is 0 Å². The van der Waals surface area contributed by atoms with Crippen molar-refractivity contribution in [2.24, 2.45) is 0 Å². The van der Waals surface area contributed by atoms with Crippen molar-refractivity contribution in [2.45, 2.75) is 17.6 Å². The highest BCUT2D eigenvalue weighted by molar-refractivity contribution is 7.98. The second-order valence-corrected chi connectivity index (χ2v) is 6.82. The second-order valence-electron chi connectivity index (χ2n) is 5.80. The maximum atomic E-state index is 12.8. The van der Waals surface area contributed by atoms with Crippen molar-refractivity contribution in [1.82, 2.24) is 20.3 Å². The molecular formula is C19H15N5O3S. The zero-order chi connectivity index (χ0) is 19.3. The van der Waals surface area contributed by atoms with Gasteiger partial charge in [-0.3, -0.25) is 4.79 Å².